The number of benzene rings is 1. The highest BCUT2D eigenvalue weighted by molar-refractivity contribution is 5.78. The summed E-state index contributed by atoms with van der Waals surface area (Å²) in [7, 11) is 2.19. The summed E-state index contributed by atoms with van der Waals surface area (Å²) in [6.07, 6.45) is 0. The third kappa shape index (κ3) is 2.52. The molecule has 0 bridgehead atoms. The average molecular weight is 241 g/mol. The second-order valence-electron chi connectivity index (χ2n) is 5.07. The van der Waals surface area contributed by atoms with Crippen molar-refractivity contribution in [1.29, 1.82) is 0 Å². The van der Waals surface area contributed by atoms with Gasteiger partial charge >= 0.3 is 0 Å². The predicted molar refractivity (Wildman–Crippen MR) is 74.5 cm³/mol. The van der Waals surface area contributed by atoms with Crippen LogP contribution in [0.3, 0.4) is 0 Å². The molecule has 3 heteroatoms. The summed E-state index contributed by atoms with van der Waals surface area (Å²) in [5.74, 6) is 0. The second kappa shape index (κ2) is 5.04. The van der Waals surface area contributed by atoms with Crippen molar-refractivity contribution < 1.29 is 0 Å². The Labute approximate surface area is 108 Å². The molecular weight excluding hydrogens is 222 g/mol. The zero-order valence-corrected chi connectivity index (χ0v) is 10.8. The lowest BCUT2D eigenvalue weighted by Gasteiger charge is -2.32. The molecule has 0 amide bonds. The van der Waals surface area contributed by atoms with Gasteiger partial charge in [-0.1, -0.05) is 24.3 Å². The van der Waals surface area contributed by atoms with Crippen molar-refractivity contribution in [2.24, 2.45) is 0 Å². The summed E-state index contributed by atoms with van der Waals surface area (Å²) in [6, 6.07) is 12.6. The van der Waals surface area contributed by atoms with E-state index in [4.69, 9.17) is 4.98 Å². The summed E-state index contributed by atoms with van der Waals surface area (Å²) in [6.45, 7) is 5.58. The Balaban J connectivity index is 1.74. The van der Waals surface area contributed by atoms with E-state index in [1.54, 1.807) is 0 Å². The van der Waals surface area contributed by atoms with Gasteiger partial charge < -0.3 is 4.90 Å². The standard InChI is InChI=1S/C15H19N3/c1-17-8-10-18(11-9-17)12-14-7-6-13-4-2-3-5-15(13)16-14/h2-7H,8-12H2,1H3. The number of para-hydroxylation sites is 1. The number of pyridine rings is 1. The lowest BCUT2D eigenvalue weighted by atomic mass is 10.2. The molecule has 0 N–H and O–H groups in total. The van der Waals surface area contributed by atoms with Crippen molar-refractivity contribution in [3.8, 4) is 0 Å². The van der Waals surface area contributed by atoms with Gasteiger partial charge in [0, 0.05) is 38.1 Å². The molecule has 0 aliphatic carbocycles. The van der Waals surface area contributed by atoms with Crippen LogP contribution in [0.25, 0.3) is 10.9 Å². The highest BCUT2D eigenvalue weighted by atomic mass is 15.2. The minimum atomic E-state index is 0.971. The number of piperazine rings is 1. The van der Waals surface area contributed by atoms with Gasteiger partial charge in [-0.25, -0.2) is 0 Å². The molecule has 3 rings (SSSR count). The van der Waals surface area contributed by atoms with Crippen LogP contribution in [-0.4, -0.2) is 48.0 Å². The maximum absolute atomic E-state index is 4.73. The third-order valence-corrected chi connectivity index (χ3v) is 3.64. The van der Waals surface area contributed by atoms with Crippen LogP contribution >= 0.6 is 0 Å². The van der Waals surface area contributed by atoms with E-state index in [1.807, 2.05) is 0 Å². The molecule has 0 unspecified atom stereocenters. The Morgan fingerprint density at radius 3 is 2.61 bits per heavy atom. The van der Waals surface area contributed by atoms with Crippen LogP contribution in [0.2, 0.25) is 0 Å². The zero-order valence-electron chi connectivity index (χ0n) is 10.8. The lowest BCUT2D eigenvalue weighted by Crippen LogP contribution is -2.43. The molecule has 94 valence electrons. The Morgan fingerprint density at radius 1 is 1.00 bits per heavy atom. The maximum atomic E-state index is 4.73. The fourth-order valence-electron chi connectivity index (χ4n) is 2.43. The average Bonchev–Trinajstić information content (AvgIpc) is 2.41. The van der Waals surface area contributed by atoms with E-state index in [9.17, 15) is 0 Å². The first-order chi connectivity index (χ1) is 8.81. The van der Waals surface area contributed by atoms with Gasteiger partial charge in [-0.15, -0.1) is 0 Å². The van der Waals surface area contributed by atoms with Gasteiger partial charge in [-0.2, -0.15) is 0 Å². The van der Waals surface area contributed by atoms with E-state index in [0.29, 0.717) is 0 Å². The van der Waals surface area contributed by atoms with Crippen molar-refractivity contribution in [2.75, 3.05) is 33.2 Å². The topological polar surface area (TPSA) is 19.4 Å². The fraction of sp³-hybridized carbons (Fsp3) is 0.400. The van der Waals surface area contributed by atoms with Crippen LogP contribution in [-0.2, 0) is 6.54 Å². The molecule has 2 heterocycles. The number of nitrogens with zero attached hydrogens (tertiary/aromatic N) is 3. The van der Waals surface area contributed by atoms with E-state index >= 15 is 0 Å². The molecule has 1 aromatic carbocycles. The van der Waals surface area contributed by atoms with Crippen LogP contribution in [0.1, 0.15) is 5.69 Å². The van der Waals surface area contributed by atoms with Crippen LogP contribution in [0.15, 0.2) is 36.4 Å². The third-order valence-electron chi connectivity index (χ3n) is 3.64. The van der Waals surface area contributed by atoms with Crippen molar-refractivity contribution in [2.45, 2.75) is 6.54 Å². The first-order valence-electron chi connectivity index (χ1n) is 6.57. The molecule has 1 fully saturated rings. The van der Waals surface area contributed by atoms with Crippen molar-refractivity contribution >= 4 is 10.9 Å². The van der Waals surface area contributed by atoms with E-state index in [0.717, 1.165) is 38.2 Å². The molecule has 0 spiro atoms. The Hall–Kier alpha value is -1.45. The van der Waals surface area contributed by atoms with Crippen molar-refractivity contribution in [3.05, 3.63) is 42.1 Å². The van der Waals surface area contributed by atoms with E-state index in [2.05, 4.69) is 53.2 Å². The maximum Gasteiger partial charge on any atom is 0.0705 e. The first kappa shape index (κ1) is 11.6. The molecule has 0 saturated carbocycles. The number of aromatic nitrogens is 1. The van der Waals surface area contributed by atoms with Gasteiger partial charge in [0.05, 0.1) is 11.2 Å². The smallest absolute Gasteiger partial charge is 0.0705 e. The molecule has 1 aliphatic heterocycles. The predicted octanol–water partition coefficient (Wildman–Crippen LogP) is 1.98. The highest BCUT2D eigenvalue weighted by Crippen LogP contribution is 2.13. The fourth-order valence-corrected chi connectivity index (χ4v) is 2.43. The van der Waals surface area contributed by atoms with Gasteiger partial charge in [0.1, 0.15) is 0 Å². The normalized spacial score (nSPS) is 18.3. The van der Waals surface area contributed by atoms with E-state index in [1.165, 1.54) is 11.1 Å². The summed E-state index contributed by atoms with van der Waals surface area (Å²) in [5, 5.41) is 1.22. The summed E-state index contributed by atoms with van der Waals surface area (Å²) >= 11 is 0. The van der Waals surface area contributed by atoms with Crippen LogP contribution in [0, 0.1) is 0 Å². The molecule has 18 heavy (non-hydrogen) atoms. The van der Waals surface area contributed by atoms with Gasteiger partial charge in [0.15, 0.2) is 0 Å². The van der Waals surface area contributed by atoms with Gasteiger partial charge in [-0.3, -0.25) is 9.88 Å². The molecule has 0 atom stereocenters. The SMILES string of the molecule is CN1CCN(Cc2ccc3ccccc3n2)CC1. The molecule has 1 aromatic heterocycles. The number of hydrogen-bond acceptors (Lipinski definition) is 3. The first-order valence-corrected chi connectivity index (χ1v) is 6.57. The Bertz CT molecular complexity index is 530. The van der Waals surface area contributed by atoms with Crippen LogP contribution < -0.4 is 0 Å². The van der Waals surface area contributed by atoms with E-state index < -0.39 is 0 Å². The number of likely N-dealkylation sites (N-methyl/N-ethyl adjacent to an activating group) is 1. The van der Waals surface area contributed by atoms with Crippen molar-refractivity contribution in [3.63, 3.8) is 0 Å². The summed E-state index contributed by atoms with van der Waals surface area (Å²) in [4.78, 5) is 9.60. The largest absolute Gasteiger partial charge is 0.304 e. The van der Waals surface area contributed by atoms with Gasteiger partial charge in [-0.05, 0) is 19.2 Å². The molecule has 0 radical (unpaired) electrons. The second-order valence-corrected chi connectivity index (χ2v) is 5.07. The quantitative estimate of drug-likeness (QED) is 0.801. The molecule has 1 saturated heterocycles. The minimum absolute atomic E-state index is 0.971. The van der Waals surface area contributed by atoms with Crippen LogP contribution in [0.4, 0.5) is 0 Å². The zero-order chi connectivity index (χ0) is 12.4. The minimum Gasteiger partial charge on any atom is -0.304 e. The monoisotopic (exact) mass is 241 g/mol. The molecule has 2 aromatic rings. The van der Waals surface area contributed by atoms with Gasteiger partial charge in [0.2, 0.25) is 0 Å². The Morgan fingerprint density at radius 2 is 1.78 bits per heavy atom. The molecule has 3 nitrogen and oxygen atoms in total. The molecule has 1 aliphatic rings. The number of rotatable bonds is 2. The number of hydrogen-bond donors (Lipinski definition) is 0. The van der Waals surface area contributed by atoms with E-state index in [-0.39, 0.29) is 0 Å². The molecular formula is C15H19N3. The van der Waals surface area contributed by atoms with Crippen molar-refractivity contribution in [1.82, 2.24) is 14.8 Å². The van der Waals surface area contributed by atoms with Crippen LogP contribution in [0.5, 0.6) is 0 Å². The summed E-state index contributed by atoms with van der Waals surface area (Å²) < 4.78 is 0. The highest BCUT2D eigenvalue weighted by Gasteiger charge is 2.14. The Kier molecular flexibility index (Phi) is 3.26. The summed E-state index contributed by atoms with van der Waals surface area (Å²) in [5.41, 5.74) is 2.28. The lowest BCUT2D eigenvalue weighted by molar-refractivity contribution is 0.147. The van der Waals surface area contributed by atoms with Gasteiger partial charge in [0.25, 0.3) is 0 Å². The number of fused-ring (bicyclic) bond motifs is 1.